The van der Waals surface area contributed by atoms with E-state index in [9.17, 15) is 4.79 Å². The van der Waals surface area contributed by atoms with Gasteiger partial charge < -0.3 is 15.0 Å². The third-order valence-electron chi connectivity index (χ3n) is 5.41. The van der Waals surface area contributed by atoms with Crippen molar-refractivity contribution in [2.24, 2.45) is 0 Å². The van der Waals surface area contributed by atoms with Crippen LogP contribution >= 0.6 is 0 Å². The molecule has 0 radical (unpaired) electrons. The van der Waals surface area contributed by atoms with Gasteiger partial charge in [-0.3, -0.25) is 9.69 Å². The molecule has 0 unspecified atom stereocenters. The van der Waals surface area contributed by atoms with Crippen LogP contribution < -0.4 is 10.2 Å². The molecule has 9 nitrogen and oxygen atoms in total. The zero-order chi connectivity index (χ0) is 21.6. The standard InChI is InChI=1S/C22H29N7O2/c1-3-31-15-19-6-4-18(5-7-19)13-23-20(30)14-27-8-10-28(11-9-27)21-12-17(2)26-22-24-16-25-29(21)22/h4-7,12,16H,3,8-11,13-15H2,1-2H3,(H,23,30). The lowest BCUT2D eigenvalue weighted by Gasteiger charge is -2.35. The van der Waals surface area contributed by atoms with Crippen LogP contribution in [0.3, 0.4) is 0 Å². The van der Waals surface area contributed by atoms with Gasteiger partial charge >= 0.3 is 0 Å². The summed E-state index contributed by atoms with van der Waals surface area (Å²) in [5.41, 5.74) is 3.15. The number of benzene rings is 1. The van der Waals surface area contributed by atoms with Gasteiger partial charge in [0, 0.05) is 51.1 Å². The Morgan fingerprint density at radius 3 is 2.61 bits per heavy atom. The van der Waals surface area contributed by atoms with E-state index in [1.54, 1.807) is 4.52 Å². The van der Waals surface area contributed by atoms with E-state index in [2.05, 4.69) is 30.2 Å². The fourth-order valence-corrected chi connectivity index (χ4v) is 3.70. The van der Waals surface area contributed by atoms with Gasteiger partial charge in [-0.05, 0) is 25.0 Å². The zero-order valence-corrected chi connectivity index (χ0v) is 18.1. The third-order valence-corrected chi connectivity index (χ3v) is 5.41. The molecule has 1 aliphatic rings. The molecule has 1 N–H and O–H groups in total. The van der Waals surface area contributed by atoms with Crippen LogP contribution in [0.25, 0.3) is 5.78 Å². The lowest BCUT2D eigenvalue weighted by atomic mass is 10.1. The molecule has 1 fully saturated rings. The average Bonchev–Trinajstić information content (AvgIpc) is 3.25. The molecule has 2 aromatic heterocycles. The lowest BCUT2D eigenvalue weighted by molar-refractivity contribution is -0.122. The Hall–Kier alpha value is -3.04. The summed E-state index contributed by atoms with van der Waals surface area (Å²) in [7, 11) is 0. The number of nitrogens with one attached hydrogen (secondary N) is 1. The molecular weight excluding hydrogens is 394 g/mol. The quantitative estimate of drug-likeness (QED) is 0.586. The topological polar surface area (TPSA) is 87.9 Å². The maximum absolute atomic E-state index is 12.4. The van der Waals surface area contributed by atoms with Crippen molar-refractivity contribution in [3.63, 3.8) is 0 Å². The molecule has 0 atom stereocenters. The van der Waals surface area contributed by atoms with E-state index in [1.807, 2.05) is 44.2 Å². The van der Waals surface area contributed by atoms with Crippen molar-refractivity contribution in [2.45, 2.75) is 27.0 Å². The van der Waals surface area contributed by atoms with Crippen LogP contribution in [0.4, 0.5) is 5.82 Å². The highest BCUT2D eigenvalue weighted by atomic mass is 16.5. The van der Waals surface area contributed by atoms with Crippen molar-refractivity contribution in [2.75, 3.05) is 44.2 Å². The number of aromatic nitrogens is 4. The summed E-state index contributed by atoms with van der Waals surface area (Å²) < 4.78 is 7.18. The maximum atomic E-state index is 12.4. The number of piperazine rings is 1. The van der Waals surface area contributed by atoms with Crippen LogP contribution in [0.2, 0.25) is 0 Å². The van der Waals surface area contributed by atoms with E-state index < -0.39 is 0 Å². The first-order valence-electron chi connectivity index (χ1n) is 10.7. The summed E-state index contributed by atoms with van der Waals surface area (Å²) in [5.74, 6) is 1.66. The summed E-state index contributed by atoms with van der Waals surface area (Å²) in [6.45, 7) is 9.51. The molecular formula is C22H29N7O2. The molecule has 3 heterocycles. The number of hydrogen-bond donors (Lipinski definition) is 1. The first kappa shape index (κ1) is 21.2. The Morgan fingerprint density at radius 2 is 1.87 bits per heavy atom. The number of hydrogen-bond acceptors (Lipinski definition) is 7. The average molecular weight is 424 g/mol. The second-order valence-electron chi connectivity index (χ2n) is 7.72. The highest BCUT2D eigenvalue weighted by Gasteiger charge is 2.21. The molecule has 1 aliphatic heterocycles. The summed E-state index contributed by atoms with van der Waals surface area (Å²) in [6, 6.07) is 10.2. The fraction of sp³-hybridized carbons (Fsp3) is 0.455. The van der Waals surface area contributed by atoms with E-state index in [-0.39, 0.29) is 5.91 Å². The van der Waals surface area contributed by atoms with Crippen molar-refractivity contribution in [1.29, 1.82) is 0 Å². The first-order chi connectivity index (χ1) is 15.1. The predicted octanol–water partition coefficient (Wildman–Crippen LogP) is 1.41. The van der Waals surface area contributed by atoms with E-state index in [1.165, 1.54) is 6.33 Å². The molecule has 0 spiro atoms. The minimum absolute atomic E-state index is 0.0465. The Balaban J connectivity index is 1.24. The molecule has 1 aromatic carbocycles. The Kier molecular flexibility index (Phi) is 6.73. The van der Waals surface area contributed by atoms with Gasteiger partial charge in [0.25, 0.3) is 5.78 Å². The van der Waals surface area contributed by atoms with Crippen molar-refractivity contribution in [3.05, 3.63) is 53.5 Å². The monoisotopic (exact) mass is 423 g/mol. The molecule has 164 valence electrons. The number of anilines is 1. The Bertz CT molecular complexity index is 1010. The number of carbonyl (C=O) groups is 1. The van der Waals surface area contributed by atoms with Gasteiger partial charge in [0.2, 0.25) is 5.91 Å². The van der Waals surface area contributed by atoms with Crippen LogP contribution in [0.5, 0.6) is 0 Å². The lowest BCUT2D eigenvalue weighted by Crippen LogP contribution is -2.50. The van der Waals surface area contributed by atoms with E-state index in [4.69, 9.17) is 4.74 Å². The molecule has 1 saturated heterocycles. The van der Waals surface area contributed by atoms with Crippen LogP contribution in [-0.4, -0.2) is 69.7 Å². The molecule has 4 rings (SSSR count). The van der Waals surface area contributed by atoms with Gasteiger partial charge in [0.1, 0.15) is 12.1 Å². The number of nitrogens with zero attached hydrogens (tertiary/aromatic N) is 6. The summed E-state index contributed by atoms with van der Waals surface area (Å²) in [4.78, 5) is 25.5. The molecule has 9 heteroatoms. The highest BCUT2D eigenvalue weighted by molar-refractivity contribution is 5.78. The number of fused-ring (bicyclic) bond motifs is 1. The number of amides is 1. The van der Waals surface area contributed by atoms with Crippen LogP contribution in [0.15, 0.2) is 36.7 Å². The number of aryl methyl sites for hydroxylation is 1. The number of ether oxygens (including phenoxy) is 1. The van der Waals surface area contributed by atoms with Gasteiger partial charge in [-0.1, -0.05) is 24.3 Å². The van der Waals surface area contributed by atoms with Crippen molar-refractivity contribution in [3.8, 4) is 0 Å². The maximum Gasteiger partial charge on any atom is 0.254 e. The summed E-state index contributed by atoms with van der Waals surface area (Å²) in [5, 5.41) is 7.32. The zero-order valence-electron chi connectivity index (χ0n) is 18.1. The SMILES string of the molecule is CCOCc1ccc(CNC(=O)CN2CCN(c3cc(C)nc4ncnn34)CC2)cc1. The molecule has 1 amide bonds. The molecule has 0 saturated carbocycles. The number of carbonyl (C=O) groups excluding carboxylic acids is 1. The predicted molar refractivity (Wildman–Crippen MR) is 118 cm³/mol. The van der Waals surface area contributed by atoms with Gasteiger partial charge in [-0.15, -0.1) is 0 Å². The Labute approximate surface area is 182 Å². The van der Waals surface area contributed by atoms with Crippen molar-refractivity contribution in [1.82, 2.24) is 29.8 Å². The normalized spacial score (nSPS) is 14.8. The van der Waals surface area contributed by atoms with Gasteiger partial charge in [-0.2, -0.15) is 14.6 Å². The van der Waals surface area contributed by atoms with Crippen molar-refractivity contribution >= 4 is 17.5 Å². The van der Waals surface area contributed by atoms with E-state index >= 15 is 0 Å². The van der Waals surface area contributed by atoms with Crippen LogP contribution in [-0.2, 0) is 22.7 Å². The fourth-order valence-electron chi connectivity index (χ4n) is 3.70. The Morgan fingerprint density at radius 1 is 1.13 bits per heavy atom. The highest BCUT2D eigenvalue weighted by Crippen LogP contribution is 2.17. The molecule has 31 heavy (non-hydrogen) atoms. The summed E-state index contributed by atoms with van der Waals surface area (Å²) >= 11 is 0. The van der Waals surface area contributed by atoms with Crippen LogP contribution in [0, 0.1) is 6.92 Å². The third kappa shape index (κ3) is 5.36. The second-order valence-corrected chi connectivity index (χ2v) is 7.72. The largest absolute Gasteiger partial charge is 0.377 e. The van der Waals surface area contributed by atoms with Crippen LogP contribution in [0.1, 0.15) is 23.7 Å². The van der Waals surface area contributed by atoms with Gasteiger partial charge in [0.05, 0.1) is 13.2 Å². The van der Waals surface area contributed by atoms with Crippen molar-refractivity contribution < 1.29 is 9.53 Å². The molecule has 0 aliphatic carbocycles. The molecule has 3 aromatic rings. The van der Waals surface area contributed by atoms with Gasteiger partial charge in [-0.25, -0.2) is 4.98 Å². The van der Waals surface area contributed by atoms with Gasteiger partial charge in [0.15, 0.2) is 0 Å². The second kappa shape index (κ2) is 9.84. The smallest absolute Gasteiger partial charge is 0.254 e. The minimum Gasteiger partial charge on any atom is -0.377 e. The van der Waals surface area contributed by atoms with E-state index in [0.717, 1.165) is 48.8 Å². The molecule has 0 bridgehead atoms. The number of rotatable bonds is 8. The van der Waals surface area contributed by atoms with E-state index in [0.29, 0.717) is 32.1 Å². The first-order valence-corrected chi connectivity index (χ1v) is 10.7. The minimum atomic E-state index is 0.0465. The summed E-state index contributed by atoms with van der Waals surface area (Å²) in [6.07, 6.45) is 1.53.